The van der Waals surface area contributed by atoms with E-state index in [9.17, 15) is 13.6 Å². The Bertz CT molecular complexity index is 1170. The zero-order valence-electron chi connectivity index (χ0n) is 18.4. The highest BCUT2D eigenvalue weighted by molar-refractivity contribution is 6.08. The minimum Gasteiger partial charge on any atom is -0.461 e. The first-order valence-electron chi connectivity index (χ1n) is 10.6. The number of nitrogens with zero attached hydrogens (tertiary/aromatic N) is 2. The van der Waals surface area contributed by atoms with Gasteiger partial charge in [0.05, 0.1) is 19.7 Å². The molecule has 4 rings (SSSR count). The van der Waals surface area contributed by atoms with E-state index in [-0.39, 0.29) is 31.1 Å². The van der Waals surface area contributed by atoms with Crippen LogP contribution in [0, 0.1) is 5.41 Å². The molecule has 0 spiro atoms. The van der Waals surface area contributed by atoms with Crippen molar-refractivity contribution in [3.63, 3.8) is 0 Å². The van der Waals surface area contributed by atoms with Crippen LogP contribution in [0.2, 0.25) is 0 Å². The number of halogens is 2. The third kappa shape index (κ3) is 4.84. The van der Waals surface area contributed by atoms with Gasteiger partial charge < -0.3 is 20.4 Å². The number of rotatable bonds is 7. The van der Waals surface area contributed by atoms with Gasteiger partial charge in [0.15, 0.2) is 5.69 Å². The molecule has 1 aliphatic rings. The van der Waals surface area contributed by atoms with E-state index in [0.29, 0.717) is 22.6 Å². The molecule has 0 bridgehead atoms. The van der Waals surface area contributed by atoms with Crippen LogP contribution >= 0.6 is 0 Å². The third-order valence-electron chi connectivity index (χ3n) is 5.30. The molecule has 0 atom stereocenters. The normalized spacial score (nSPS) is 14.4. The van der Waals surface area contributed by atoms with Gasteiger partial charge >= 0.3 is 5.97 Å². The number of nitrogens with one attached hydrogen (secondary N) is 2. The van der Waals surface area contributed by atoms with Gasteiger partial charge in [-0.05, 0) is 55.3 Å². The van der Waals surface area contributed by atoms with Gasteiger partial charge in [-0.1, -0.05) is 30.3 Å². The average molecular weight is 450 g/mol. The van der Waals surface area contributed by atoms with Gasteiger partial charge in [0.1, 0.15) is 5.82 Å². The summed E-state index contributed by atoms with van der Waals surface area (Å²) in [5, 5.41) is 11.6. The highest BCUT2D eigenvalue weighted by Crippen LogP contribution is 2.35. The van der Waals surface area contributed by atoms with E-state index in [1.807, 2.05) is 30.3 Å². The summed E-state index contributed by atoms with van der Waals surface area (Å²) in [6.07, 6.45) is 0. The molecule has 0 aliphatic carbocycles. The molecule has 0 unspecified atom stereocenters. The summed E-state index contributed by atoms with van der Waals surface area (Å²) in [6.45, 7) is 2.97. The number of pyridine rings is 1. The standard InChI is InChI=1S/C25H24F2N4O2/c1-3-33-24(32)21-13-20(17-9-11-19(12-10-17)31-14-25(26,27)15-31)22(16(2)28)23(30-21)29-18-7-5-4-6-8-18/h4-13,28H,3,14-15H2,1-2H3,(H,29,30). The predicted octanol–water partition coefficient (Wildman–Crippen LogP) is 5.51. The van der Waals surface area contributed by atoms with Crippen LogP contribution < -0.4 is 10.2 Å². The first kappa shape index (κ1) is 22.4. The van der Waals surface area contributed by atoms with E-state index in [4.69, 9.17) is 10.1 Å². The molecule has 33 heavy (non-hydrogen) atoms. The Morgan fingerprint density at radius 1 is 1.15 bits per heavy atom. The monoisotopic (exact) mass is 450 g/mol. The highest BCUT2D eigenvalue weighted by atomic mass is 19.3. The Hall–Kier alpha value is -3.81. The van der Waals surface area contributed by atoms with Gasteiger partial charge in [-0.15, -0.1) is 0 Å². The number of anilines is 3. The van der Waals surface area contributed by atoms with E-state index in [0.717, 1.165) is 11.3 Å². The first-order chi connectivity index (χ1) is 15.8. The second-order valence-corrected chi connectivity index (χ2v) is 7.87. The first-order valence-corrected chi connectivity index (χ1v) is 10.6. The molecule has 0 amide bonds. The number of para-hydroxylation sites is 1. The zero-order chi connectivity index (χ0) is 23.6. The minimum atomic E-state index is -2.65. The summed E-state index contributed by atoms with van der Waals surface area (Å²) in [5.74, 6) is -2.86. The predicted molar refractivity (Wildman–Crippen MR) is 125 cm³/mol. The Kier molecular flexibility index (Phi) is 6.09. The minimum absolute atomic E-state index is 0.113. The Morgan fingerprint density at radius 2 is 1.82 bits per heavy atom. The molecule has 170 valence electrons. The lowest BCUT2D eigenvalue weighted by molar-refractivity contribution is -0.0262. The summed E-state index contributed by atoms with van der Waals surface area (Å²) in [4.78, 5) is 18.6. The smallest absolute Gasteiger partial charge is 0.357 e. The van der Waals surface area contributed by atoms with Gasteiger partial charge in [-0.25, -0.2) is 18.6 Å². The second-order valence-electron chi connectivity index (χ2n) is 7.87. The lowest BCUT2D eigenvalue weighted by atomic mass is 9.96. The van der Waals surface area contributed by atoms with E-state index >= 15 is 0 Å². The Morgan fingerprint density at radius 3 is 2.39 bits per heavy atom. The van der Waals surface area contributed by atoms with Crippen LogP contribution in [0.3, 0.4) is 0 Å². The van der Waals surface area contributed by atoms with Crippen molar-refractivity contribution in [2.75, 3.05) is 29.9 Å². The number of aromatic nitrogens is 1. The van der Waals surface area contributed by atoms with Crippen molar-refractivity contribution >= 4 is 28.9 Å². The summed E-state index contributed by atoms with van der Waals surface area (Å²) in [6, 6.07) is 18.1. The van der Waals surface area contributed by atoms with Gasteiger partial charge in [-0.2, -0.15) is 0 Å². The van der Waals surface area contributed by atoms with Crippen molar-refractivity contribution in [1.82, 2.24) is 4.98 Å². The fraction of sp³-hybridized carbons (Fsp3) is 0.240. The van der Waals surface area contributed by atoms with Crippen LogP contribution in [-0.4, -0.2) is 42.3 Å². The van der Waals surface area contributed by atoms with Crippen molar-refractivity contribution in [2.24, 2.45) is 0 Å². The highest BCUT2D eigenvalue weighted by Gasteiger charge is 2.43. The topological polar surface area (TPSA) is 78.3 Å². The molecule has 0 radical (unpaired) electrons. The maximum absolute atomic E-state index is 13.2. The maximum atomic E-state index is 13.2. The van der Waals surface area contributed by atoms with Crippen LogP contribution in [0.4, 0.5) is 26.0 Å². The Labute approximate surface area is 190 Å². The molecular weight excluding hydrogens is 426 g/mol. The summed E-state index contributed by atoms with van der Waals surface area (Å²) < 4.78 is 31.6. The lowest BCUT2D eigenvalue weighted by Gasteiger charge is -2.40. The number of ether oxygens (including phenoxy) is 1. The molecule has 1 fully saturated rings. The van der Waals surface area contributed by atoms with E-state index in [2.05, 4.69) is 10.3 Å². The van der Waals surface area contributed by atoms with Crippen LogP contribution in [0.25, 0.3) is 11.1 Å². The fourth-order valence-electron chi connectivity index (χ4n) is 3.76. The summed E-state index contributed by atoms with van der Waals surface area (Å²) in [7, 11) is 0. The summed E-state index contributed by atoms with van der Waals surface area (Å²) in [5.41, 5.74) is 3.72. The lowest BCUT2D eigenvalue weighted by Crippen LogP contribution is -2.56. The van der Waals surface area contributed by atoms with Gasteiger partial charge in [0, 0.05) is 22.6 Å². The quantitative estimate of drug-likeness (QED) is 0.367. The third-order valence-corrected chi connectivity index (χ3v) is 5.30. The average Bonchev–Trinajstić information content (AvgIpc) is 2.77. The molecule has 8 heteroatoms. The second kappa shape index (κ2) is 8.97. The molecular formula is C25H24F2N4O2. The van der Waals surface area contributed by atoms with Crippen molar-refractivity contribution in [2.45, 2.75) is 19.8 Å². The van der Waals surface area contributed by atoms with Crippen LogP contribution in [-0.2, 0) is 4.74 Å². The molecule has 1 aromatic heterocycles. The number of esters is 1. The SMILES string of the molecule is CCOC(=O)c1cc(-c2ccc(N3CC(F)(F)C3)cc2)c(C(C)=N)c(Nc2ccccc2)n1. The van der Waals surface area contributed by atoms with Gasteiger partial charge in [0.25, 0.3) is 5.92 Å². The number of carbonyl (C=O) groups excluding carboxylic acids is 1. The van der Waals surface area contributed by atoms with Crippen molar-refractivity contribution in [1.29, 1.82) is 5.41 Å². The molecule has 2 aromatic carbocycles. The molecule has 6 nitrogen and oxygen atoms in total. The Balaban J connectivity index is 1.78. The molecule has 3 aromatic rings. The number of hydrogen-bond acceptors (Lipinski definition) is 6. The molecule has 2 N–H and O–H groups in total. The number of carbonyl (C=O) groups is 1. The fourth-order valence-corrected chi connectivity index (χ4v) is 3.76. The van der Waals surface area contributed by atoms with Crippen molar-refractivity contribution in [3.05, 3.63) is 71.9 Å². The number of hydrogen-bond donors (Lipinski definition) is 2. The maximum Gasteiger partial charge on any atom is 0.357 e. The molecule has 2 heterocycles. The largest absolute Gasteiger partial charge is 0.461 e. The van der Waals surface area contributed by atoms with E-state index < -0.39 is 11.9 Å². The van der Waals surface area contributed by atoms with Gasteiger partial charge in [-0.3, -0.25) is 0 Å². The van der Waals surface area contributed by atoms with Crippen LogP contribution in [0.1, 0.15) is 29.9 Å². The van der Waals surface area contributed by atoms with E-state index in [1.54, 1.807) is 49.1 Å². The van der Waals surface area contributed by atoms with Crippen molar-refractivity contribution in [3.8, 4) is 11.1 Å². The van der Waals surface area contributed by atoms with E-state index in [1.165, 1.54) is 0 Å². The van der Waals surface area contributed by atoms with Crippen LogP contribution in [0.15, 0.2) is 60.7 Å². The van der Waals surface area contributed by atoms with Gasteiger partial charge in [0.2, 0.25) is 0 Å². The molecule has 0 saturated carbocycles. The van der Waals surface area contributed by atoms with Crippen LogP contribution in [0.5, 0.6) is 0 Å². The molecule has 1 aliphatic heterocycles. The molecule has 1 saturated heterocycles. The zero-order valence-corrected chi connectivity index (χ0v) is 18.4. The number of benzene rings is 2. The van der Waals surface area contributed by atoms with Crippen molar-refractivity contribution < 1.29 is 18.3 Å². The number of alkyl halides is 2. The summed E-state index contributed by atoms with van der Waals surface area (Å²) >= 11 is 0.